The van der Waals surface area contributed by atoms with Gasteiger partial charge in [0.2, 0.25) is 0 Å². The Bertz CT molecular complexity index is 463. The molecular formula is C12H14N2O2S. The zero-order valence-corrected chi connectivity index (χ0v) is 10.7. The van der Waals surface area contributed by atoms with E-state index in [1.54, 1.807) is 23.3 Å². The van der Waals surface area contributed by atoms with Gasteiger partial charge in [-0.05, 0) is 24.4 Å². The second-order valence-corrected chi connectivity index (χ2v) is 4.63. The van der Waals surface area contributed by atoms with Crippen LogP contribution in [0.25, 0.3) is 6.08 Å². The van der Waals surface area contributed by atoms with E-state index < -0.39 is 0 Å². The van der Waals surface area contributed by atoms with E-state index in [-0.39, 0.29) is 5.91 Å². The molecule has 0 fully saturated rings. The molecule has 17 heavy (non-hydrogen) atoms. The average Bonchev–Trinajstić information content (AvgIpc) is 2.89. The van der Waals surface area contributed by atoms with Gasteiger partial charge in [0.05, 0.1) is 13.2 Å². The van der Waals surface area contributed by atoms with Crippen molar-refractivity contribution in [1.29, 1.82) is 0 Å². The van der Waals surface area contributed by atoms with Gasteiger partial charge in [0, 0.05) is 12.0 Å². The third-order valence-corrected chi connectivity index (χ3v) is 3.30. The third-order valence-electron chi connectivity index (χ3n) is 2.48. The van der Waals surface area contributed by atoms with Crippen LogP contribution in [0.2, 0.25) is 0 Å². The first-order valence-electron chi connectivity index (χ1n) is 5.33. The van der Waals surface area contributed by atoms with Crippen LogP contribution in [-0.4, -0.2) is 36.9 Å². The number of hydrogen-bond donors (Lipinski definition) is 0. The van der Waals surface area contributed by atoms with Crippen LogP contribution in [0.1, 0.15) is 11.8 Å². The molecule has 1 aliphatic heterocycles. The molecule has 0 aromatic carbocycles. The predicted molar refractivity (Wildman–Crippen MR) is 69.0 cm³/mol. The largest absolute Gasteiger partial charge is 0.383 e. The minimum absolute atomic E-state index is 0.0482. The highest BCUT2D eigenvalue weighted by Gasteiger charge is 2.26. The fraction of sp³-hybridized carbons (Fsp3) is 0.333. The van der Waals surface area contributed by atoms with E-state index in [1.807, 2.05) is 30.5 Å². The van der Waals surface area contributed by atoms with E-state index in [0.717, 1.165) is 10.7 Å². The molecule has 0 saturated heterocycles. The van der Waals surface area contributed by atoms with Gasteiger partial charge >= 0.3 is 0 Å². The quantitative estimate of drug-likeness (QED) is 0.767. The van der Waals surface area contributed by atoms with Crippen molar-refractivity contribution >= 4 is 29.2 Å². The fourth-order valence-electron chi connectivity index (χ4n) is 1.62. The average molecular weight is 250 g/mol. The first-order valence-corrected chi connectivity index (χ1v) is 6.21. The molecule has 1 aromatic rings. The van der Waals surface area contributed by atoms with Crippen molar-refractivity contribution in [3.05, 3.63) is 28.1 Å². The monoisotopic (exact) mass is 250 g/mol. The van der Waals surface area contributed by atoms with E-state index in [1.165, 1.54) is 0 Å². The van der Waals surface area contributed by atoms with Gasteiger partial charge in [-0.2, -0.15) is 0 Å². The molecule has 0 atom stereocenters. The minimum Gasteiger partial charge on any atom is -0.383 e. The number of nitrogens with zero attached hydrogens (tertiary/aromatic N) is 2. The maximum absolute atomic E-state index is 12.0. The summed E-state index contributed by atoms with van der Waals surface area (Å²) in [6.45, 7) is 2.90. The summed E-state index contributed by atoms with van der Waals surface area (Å²) in [6, 6.07) is 3.92. The van der Waals surface area contributed by atoms with Gasteiger partial charge in [0.1, 0.15) is 11.5 Å². The number of thiophene rings is 1. The number of amides is 1. The van der Waals surface area contributed by atoms with Crippen LogP contribution in [0.4, 0.5) is 0 Å². The zero-order valence-electron chi connectivity index (χ0n) is 9.84. The van der Waals surface area contributed by atoms with Crippen molar-refractivity contribution in [3.8, 4) is 0 Å². The zero-order chi connectivity index (χ0) is 12.3. The van der Waals surface area contributed by atoms with Crippen molar-refractivity contribution in [2.75, 3.05) is 20.3 Å². The lowest BCUT2D eigenvalue weighted by molar-refractivity contribution is -0.123. The molecule has 0 saturated carbocycles. The number of methoxy groups -OCH3 is 1. The van der Waals surface area contributed by atoms with E-state index >= 15 is 0 Å². The number of ether oxygens (including phenoxy) is 1. The molecule has 2 heterocycles. The van der Waals surface area contributed by atoms with Crippen molar-refractivity contribution in [2.45, 2.75) is 6.92 Å². The van der Waals surface area contributed by atoms with E-state index in [9.17, 15) is 4.79 Å². The molecule has 90 valence electrons. The summed E-state index contributed by atoms with van der Waals surface area (Å²) in [5.41, 5.74) is 0.501. The molecule has 1 aliphatic rings. The molecule has 1 amide bonds. The molecule has 0 bridgehead atoms. The van der Waals surface area contributed by atoms with Crippen LogP contribution in [0.5, 0.6) is 0 Å². The van der Waals surface area contributed by atoms with Crippen LogP contribution in [0.15, 0.2) is 28.2 Å². The van der Waals surface area contributed by atoms with Gasteiger partial charge in [-0.25, -0.2) is 4.99 Å². The molecule has 2 rings (SSSR count). The summed E-state index contributed by atoms with van der Waals surface area (Å²) < 4.78 is 4.98. The standard InChI is InChI=1S/C12H14N2O2S/c1-9-13-11(8-10-4-3-7-17-10)12(15)14(9)5-6-16-2/h3-4,7-8H,5-6H2,1-2H3/b11-8-. The molecule has 1 aromatic heterocycles. The predicted octanol–water partition coefficient (Wildman–Crippen LogP) is 2.00. The molecular weight excluding hydrogens is 236 g/mol. The number of rotatable bonds is 4. The Kier molecular flexibility index (Phi) is 3.71. The lowest BCUT2D eigenvalue weighted by Gasteiger charge is -2.14. The first-order chi connectivity index (χ1) is 8.22. The smallest absolute Gasteiger partial charge is 0.277 e. The number of carbonyl (C=O) groups is 1. The summed E-state index contributed by atoms with van der Waals surface area (Å²) in [5.74, 6) is 0.683. The highest BCUT2D eigenvalue weighted by Crippen LogP contribution is 2.20. The van der Waals surface area contributed by atoms with Gasteiger partial charge in [-0.1, -0.05) is 6.07 Å². The summed E-state index contributed by atoms with van der Waals surface area (Å²) in [6.07, 6.45) is 1.82. The van der Waals surface area contributed by atoms with Crippen LogP contribution in [0.3, 0.4) is 0 Å². The normalized spacial score (nSPS) is 18.0. The number of carbonyl (C=O) groups excluding carboxylic acids is 1. The number of hydrogen-bond acceptors (Lipinski definition) is 4. The Morgan fingerprint density at radius 2 is 2.41 bits per heavy atom. The van der Waals surface area contributed by atoms with E-state index in [2.05, 4.69) is 4.99 Å². The maximum atomic E-state index is 12.0. The Morgan fingerprint density at radius 1 is 1.59 bits per heavy atom. The molecule has 4 nitrogen and oxygen atoms in total. The second kappa shape index (κ2) is 5.25. The van der Waals surface area contributed by atoms with Gasteiger partial charge < -0.3 is 4.74 Å². The Labute approximate surface area is 104 Å². The Morgan fingerprint density at radius 3 is 3.06 bits per heavy atom. The van der Waals surface area contributed by atoms with Crippen molar-refractivity contribution < 1.29 is 9.53 Å². The highest BCUT2D eigenvalue weighted by atomic mass is 32.1. The van der Waals surface area contributed by atoms with Crippen molar-refractivity contribution in [3.63, 3.8) is 0 Å². The SMILES string of the molecule is COCCN1C(=O)/C(=C/c2cccs2)N=C1C. The summed E-state index contributed by atoms with van der Waals surface area (Å²) in [5, 5.41) is 1.98. The second-order valence-electron chi connectivity index (χ2n) is 3.65. The molecule has 0 spiro atoms. The van der Waals surface area contributed by atoms with Crippen LogP contribution in [0, 0.1) is 0 Å². The molecule has 0 unspecified atom stereocenters. The maximum Gasteiger partial charge on any atom is 0.277 e. The Balaban J connectivity index is 2.15. The summed E-state index contributed by atoms with van der Waals surface area (Å²) >= 11 is 1.59. The molecule has 0 radical (unpaired) electrons. The number of aliphatic imine (C=N–C) groups is 1. The summed E-state index contributed by atoms with van der Waals surface area (Å²) in [7, 11) is 1.62. The summed E-state index contributed by atoms with van der Waals surface area (Å²) in [4.78, 5) is 19.0. The Hall–Kier alpha value is -1.46. The third kappa shape index (κ3) is 2.62. The lowest BCUT2D eigenvalue weighted by Crippen LogP contribution is -2.33. The first kappa shape index (κ1) is 12.0. The van der Waals surface area contributed by atoms with Crippen molar-refractivity contribution in [1.82, 2.24) is 4.90 Å². The van der Waals surface area contributed by atoms with Gasteiger partial charge in [-0.15, -0.1) is 11.3 Å². The molecule has 5 heteroatoms. The molecule has 0 N–H and O–H groups in total. The molecule has 0 aliphatic carbocycles. The van der Waals surface area contributed by atoms with Crippen molar-refractivity contribution in [2.24, 2.45) is 4.99 Å². The van der Waals surface area contributed by atoms with Crippen LogP contribution < -0.4 is 0 Å². The van der Waals surface area contributed by atoms with Gasteiger partial charge in [-0.3, -0.25) is 9.69 Å². The van der Waals surface area contributed by atoms with Gasteiger partial charge in [0.15, 0.2) is 0 Å². The van der Waals surface area contributed by atoms with Crippen LogP contribution >= 0.6 is 11.3 Å². The fourth-order valence-corrected chi connectivity index (χ4v) is 2.27. The topological polar surface area (TPSA) is 41.9 Å². The van der Waals surface area contributed by atoms with E-state index in [4.69, 9.17) is 4.74 Å². The number of amidine groups is 1. The van der Waals surface area contributed by atoms with Gasteiger partial charge in [0.25, 0.3) is 5.91 Å². The lowest BCUT2D eigenvalue weighted by atomic mass is 10.3. The highest BCUT2D eigenvalue weighted by molar-refractivity contribution is 7.10. The minimum atomic E-state index is -0.0482. The van der Waals surface area contributed by atoms with E-state index in [0.29, 0.717) is 18.8 Å². The van der Waals surface area contributed by atoms with Crippen LogP contribution in [-0.2, 0) is 9.53 Å².